The molecule has 1 saturated heterocycles. The van der Waals surface area contributed by atoms with E-state index < -0.39 is 6.23 Å². The molecule has 2 aliphatic rings. The first-order chi connectivity index (χ1) is 15.8. The van der Waals surface area contributed by atoms with Crippen molar-refractivity contribution in [3.63, 3.8) is 0 Å². The Morgan fingerprint density at radius 3 is 2.58 bits per heavy atom. The molecule has 7 heteroatoms. The number of anilines is 2. The highest BCUT2D eigenvalue weighted by atomic mass is 35.5. The van der Waals surface area contributed by atoms with Crippen LogP contribution < -0.4 is 15.1 Å². The molecule has 0 bridgehead atoms. The Labute approximate surface area is 200 Å². The van der Waals surface area contributed by atoms with Crippen molar-refractivity contribution < 1.29 is 14.7 Å². The molecular formula is C26H32ClN3O3. The Kier molecular flexibility index (Phi) is 7.25. The molecule has 0 radical (unpaired) electrons. The van der Waals surface area contributed by atoms with E-state index >= 15 is 0 Å². The lowest BCUT2D eigenvalue weighted by Gasteiger charge is -2.26. The molecule has 2 amide bonds. The number of hydrogen-bond acceptors (Lipinski definition) is 4. The third-order valence-electron chi connectivity index (χ3n) is 6.46. The molecule has 0 aliphatic carbocycles. The number of aliphatic hydroxyl groups is 1. The van der Waals surface area contributed by atoms with E-state index in [1.807, 2.05) is 49.1 Å². The van der Waals surface area contributed by atoms with Gasteiger partial charge in [-0.1, -0.05) is 29.8 Å². The summed E-state index contributed by atoms with van der Waals surface area (Å²) in [6, 6.07) is 13.3. The SMILES string of the molecule is CC(C)NC(=O)C[C@H]1CCCN(C(=O)c2ccc(N3CCCC3O)cc2Cl)c2ccccc21. The van der Waals surface area contributed by atoms with Gasteiger partial charge in [0, 0.05) is 36.9 Å². The van der Waals surface area contributed by atoms with E-state index in [-0.39, 0.29) is 23.8 Å². The highest BCUT2D eigenvalue weighted by Gasteiger charge is 2.30. The fraction of sp³-hybridized carbons (Fsp3) is 0.462. The van der Waals surface area contributed by atoms with E-state index in [4.69, 9.17) is 11.6 Å². The molecule has 0 aromatic heterocycles. The maximum absolute atomic E-state index is 13.6. The van der Waals surface area contributed by atoms with Crippen molar-refractivity contribution in [3.8, 4) is 0 Å². The summed E-state index contributed by atoms with van der Waals surface area (Å²) in [5.41, 5.74) is 3.14. The zero-order valence-electron chi connectivity index (χ0n) is 19.3. The van der Waals surface area contributed by atoms with Crippen molar-refractivity contribution in [2.24, 2.45) is 0 Å². The lowest BCUT2D eigenvalue weighted by molar-refractivity contribution is -0.122. The second-order valence-corrected chi connectivity index (χ2v) is 9.67. The van der Waals surface area contributed by atoms with E-state index in [1.54, 1.807) is 17.0 Å². The van der Waals surface area contributed by atoms with Crippen LogP contribution in [0.25, 0.3) is 0 Å². The minimum Gasteiger partial charge on any atom is -0.374 e. The molecule has 2 aromatic carbocycles. The summed E-state index contributed by atoms with van der Waals surface area (Å²) in [6.45, 7) is 5.26. The van der Waals surface area contributed by atoms with E-state index in [0.717, 1.165) is 49.2 Å². The summed E-state index contributed by atoms with van der Waals surface area (Å²) in [5.74, 6) is -0.0483. The summed E-state index contributed by atoms with van der Waals surface area (Å²) in [6.07, 6.45) is 3.20. The van der Waals surface area contributed by atoms with Gasteiger partial charge in [0.05, 0.1) is 10.6 Å². The Hall–Kier alpha value is -2.57. The van der Waals surface area contributed by atoms with Crippen LogP contribution in [-0.4, -0.2) is 42.3 Å². The maximum Gasteiger partial charge on any atom is 0.259 e. The van der Waals surface area contributed by atoms with Crippen LogP contribution >= 0.6 is 11.6 Å². The lowest BCUT2D eigenvalue weighted by atomic mass is 9.90. The van der Waals surface area contributed by atoms with Crippen LogP contribution in [0.2, 0.25) is 5.02 Å². The minimum atomic E-state index is -0.509. The number of nitrogens with one attached hydrogen (secondary N) is 1. The molecule has 176 valence electrons. The molecule has 0 saturated carbocycles. The Morgan fingerprint density at radius 2 is 1.88 bits per heavy atom. The van der Waals surface area contributed by atoms with Crippen molar-refractivity contribution in [1.82, 2.24) is 5.32 Å². The maximum atomic E-state index is 13.6. The van der Waals surface area contributed by atoms with Gasteiger partial charge in [0.2, 0.25) is 5.91 Å². The monoisotopic (exact) mass is 469 g/mol. The van der Waals surface area contributed by atoms with Crippen LogP contribution in [0.15, 0.2) is 42.5 Å². The van der Waals surface area contributed by atoms with Gasteiger partial charge in [0.1, 0.15) is 6.23 Å². The third-order valence-corrected chi connectivity index (χ3v) is 6.78. The van der Waals surface area contributed by atoms with Crippen LogP contribution in [0.1, 0.15) is 67.8 Å². The van der Waals surface area contributed by atoms with Crippen molar-refractivity contribution >= 4 is 34.8 Å². The second kappa shape index (κ2) is 10.1. The van der Waals surface area contributed by atoms with Gasteiger partial charge in [-0.05, 0) is 75.3 Å². The van der Waals surface area contributed by atoms with Gasteiger partial charge in [0.25, 0.3) is 5.91 Å². The number of carbonyl (C=O) groups is 2. The van der Waals surface area contributed by atoms with E-state index in [2.05, 4.69) is 5.32 Å². The van der Waals surface area contributed by atoms with Crippen LogP contribution in [0.5, 0.6) is 0 Å². The first-order valence-corrected chi connectivity index (χ1v) is 12.2. The highest BCUT2D eigenvalue weighted by molar-refractivity contribution is 6.34. The molecule has 2 heterocycles. The predicted molar refractivity (Wildman–Crippen MR) is 132 cm³/mol. The molecule has 2 aromatic rings. The second-order valence-electron chi connectivity index (χ2n) is 9.26. The Balaban J connectivity index is 1.59. The van der Waals surface area contributed by atoms with Crippen molar-refractivity contribution in [1.29, 1.82) is 0 Å². The number of nitrogens with zero attached hydrogens (tertiary/aromatic N) is 2. The van der Waals surface area contributed by atoms with Gasteiger partial charge in [0.15, 0.2) is 0 Å². The highest BCUT2D eigenvalue weighted by Crippen LogP contribution is 2.38. The van der Waals surface area contributed by atoms with Gasteiger partial charge in [-0.25, -0.2) is 0 Å². The zero-order chi connectivity index (χ0) is 23.5. The molecule has 2 N–H and O–H groups in total. The van der Waals surface area contributed by atoms with Crippen molar-refractivity contribution in [2.75, 3.05) is 22.9 Å². The Morgan fingerprint density at radius 1 is 1.12 bits per heavy atom. The third kappa shape index (κ3) is 5.17. The number of benzene rings is 2. The van der Waals surface area contributed by atoms with Crippen molar-refractivity contribution in [2.45, 2.75) is 64.1 Å². The first-order valence-electron chi connectivity index (χ1n) is 11.8. The zero-order valence-corrected chi connectivity index (χ0v) is 20.0. The summed E-state index contributed by atoms with van der Waals surface area (Å²) in [7, 11) is 0. The van der Waals surface area contributed by atoms with Gasteiger partial charge >= 0.3 is 0 Å². The molecule has 0 spiro atoms. The average molecular weight is 470 g/mol. The molecule has 6 nitrogen and oxygen atoms in total. The van der Waals surface area contributed by atoms with Crippen LogP contribution in [0, 0.1) is 0 Å². The van der Waals surface area contributed by atoms with Gasteiger partial charge in [-0.3, -0.25) is 9.59 Å². The largest absolute Gasteiger partial charge is 0.374 e. The number of halogens is 1. The number of amides is 2. The minimum absolute atomic E-state index is 0.0345. The lowest BCUT2D eigenvalue weighted by Crippen LogP contribution is -2.32. The average Bonchev–Trinajstić information content (AvgIpc) is 3.12. The standard InChI is InChI=1S/C26H32ClN3O3/c1-17(2)28-24(31)15-18-7-5-14-30(23-9-4-3-8-20(18)23)26(33)21-12-11-19(16-22(21)27)29-13-6-10-25(29)32/h3-4,8-9,11-12,16-18,25,32H,5-7,10,13-15H2,1-2H3,(H,28,31)/t18-,25?/m1/s1. The molecule has 4 rings (SSSR count). The Bertz CT molecular complexity index is 1030. The van der Waals surface area contributed by atoms with E-state index in [1.165, 1.54) is 0 Å². The van der Waals surface area contributed by atoms with E-state index in [9.17, 15) is 14.7 Å². The molecule has 1 fully saturated rings. The van der Waals surface area contributed by atoms with Gasteiger partial charge in [-0.2, -0.15) is 0 Å². The topological polar surface area (TPSA) is 72.9 Å². The smallest absolute Gasteiger partial charge is 0.259 e. The van der Waals surface area contributed by atoms with Crippen LogP contribution in [0.3, 0.4) is 0 Å². The molecular weight excluding hydrogens is 438 g/mol. The normalized spacial score (nSPS) is 20.5. The first kappa shape index (κ1) is 23.6. The molecule has 1 unspecified atom stereocenters. The molecule has 33 heavy (non-hydrogen) atoms. The summed E-state index contributed by atoms with van der Waals surface area (Å²) < 4.78 is 0. The fourth-order valence-corrected chi connectivity index (χ4v) is 5.19. The summed E-state index contributed by atoms with van der Waals surface area (Å²) in [5, 5.41) is 13.5. The van der Waals surface area contributed by atoms with Crippen molar-refractivity contribution in [3.05, 3.63) is 58.6 Å². The summed E-state index contributed by atoms with van der Waals surface area (Å²) in [4.78, 5) is 29.8. The number of rotatable bonds is 5. The van der Waals surface area contributed by atoms with E-state index in [0.29, 0.717) is 23.6 Å². The number of para-hydroxylation sites is 1. The predicted octanol–water partition coefficient (Wildman–Crippen LogP) is 4.70. The van der Waals surface area contributed by atoms with Gasteiger partial charge < -0.3 is 20.2 Å². The number of fused-ring (bicyclic) bond motifs is 1. The van der Waals surface area contributed by atoms with Crippen LogP contribution in [-0.2, 0) is 4.79 Å². The number of aliphatic hydroxyl groups excluding tert-OH is 1. The summed E-state index contributed by atoms with van der Waals surface area (Å²) >= 11 is 6.57. The van der Waals surface area contributed by atoms with Crippen LogP contribution in [0.4, 0.5) is 11.4 Å². The number of carbonyl (C=O) groups excluding carboxylic acids is 2. The number of hydrogen-bond donors (Lipinski definition) is 2. The van der Waals surface area contributed by atoms with Gasteiger partial charge in [-0.15, -0.1) is 0 Å². The quantitative estimate of drug-likeness (QED) is 0.665. The molecule has 2 atom stereocenters. The molecule has 2 aliphatic heterocycles. The fourth-order valence-electron chi connectivity index (χ4n) is 4.93.